The van der Waals surface area contributed by atoms with Gasteiger partial charge < -0.3 is 33.8 Å². The molecule has 0 bridgehead atoms. The Labute approximate surface area is 588 Å². The van der Waals surface area contributed by atoms with Crippen LogP contribution in [0.15, 0.2) is 0 Å². The summed E-state index contributed by atoms with van der Waals surface area (Å²) in [5, 5.41) is 10.6. The molecule has 0 amide bonds. The molecule has 0 saturated carbocycles. The molecule has 3 unspecified atom stereocenters. The quantitative estimate of drug-likeness (QED) is 0.0222. The van der Waals surface area contributed by atoms with Crippen molar-refractivity contribution in [2.75, 3.05) is 39.6 Å². The molecule has 5 atom stereocenters. The fraction of sp³-hybridized carbons (Fsp3) is 0.948. The van der Waals surface area contributed by atoms with Gasteiger partial charge >= 0.3 is 39.5 Å². The van der Waals surface area contributed by atoms with Crippen LogP contribution in [0.1, 0.15) is 389 Å². The average Bonchev–Trinajstić information content (AvgIpc) is 1.28. The number of hydrogen-bond donors (Lipinski definition) is 3. The standard InChI is InChI=1S/C77H150O17P2/c1-67(2)53-45-37-29-23-19-15-11-9-13-17-21-25-32-41-49-57-74(79)87-63-72(94-77(82)60-52-44-34-28-27-31-39-47-55-69(5)6)65-91-95(83,84)89-61-71(78)62-90-96(85,86)92-66-73(64-88-75(80)58-50-42-36-35-40-48-56-70(7)8)93-76(81)59-51-43-33-26-22-18-14-10-12-16-20-24-30-38-46-54-68(3)4/h67-73,78H,9-66H2,1-8H3,(H,83,84)(H,85,86)/t71?,72-,73-/m1/s1. The van der Waals surface area contributed by atoms with E-state index >= 15 is 0 Å². The van der Waals surface area contributed by atoms with Crippen molar-refractivity contribution in [3.05, 3.63) is 0 Å². The molecule has 96 heavy (non-hydrogen) atoms. The van der Waals surface area contributed by atoms with Crippen LogP contribution in [0.4, 0.5) is 0 Å². The first-order valence-electron chi connectivity index (χ1n) is 39.7. The van der Waals surface area contributed by atoms with E-state index < -0.39 is 97.5 Å². The van der Waals surface area contributed by atoms with Gasteiger partial charge in [-0.2, -0.15) is 0 Å². The first kappa shape index (κ1) is 94.1. The van der Waals surface area contributed by atoms with E-state index in [1.54, 1.807) is 0 Å². The van der Waals surface area contributed by atoms with E-state index in [-0.39, 0.29) is 25.7 Å². The third-order valence-electron chi connectivity index (χ3n) is 17.8. The maximum absolute atomic E-state index is 13.1. The number of aliphatic hydroxyl groups excluding tert-OH is 1. The summed E-state index contributed by atoms with van der Waals surface area (Å²) in [6, 6.07) is 0. The number of rotatable bonds is 74. The third-order valence-corrected chi connectivity index (χ3v) is 19.7. The molecular weight excluding hydrogens is 1260 g/mol. The number of unbranched alkanes of at least 4 members (excludes halogenated alkanes) is 40. The van der Waals surface area contributed by atoms with Crippen molar-refractivity contribution in [3.8, 4) is 0 Å². The molecule has 0 spiro atoms. The summed E-state index contributed by atoms with van der Waals surface area (Å²) in [4.78, 5) is 72.8. The molecule has 0 rings (SSSR count). The van der Waals surface area contributed by atoms with E-state index in [4.69, 9.17) is 37.0 Å². The van der Waals surface area contributed by atoms with Gasteiger partial charge in [-0.05, 0) is 49.4 Å². The lowest BCUT2D eigenvalue weighted by atomic mass is 10.0. The molecule has 0 aliphatic rings. The number of carbonyl (C=O) groups excluding carboxylic acids is 4. The summed E-state index contributed by atoms with van der Waals surface area (Å²) in [6.45, 7) is 14.1. The van der Waals surface area contributed by atoms with Gasteiger partial charge in [0.25, 0.3) is 0 Å². The van der Waals surface area contributed by atoms with Crippen molar-refractivity contribution >= 4 is 39.5 Å². The van der Waals surface area contributed by atoms with E-state index in [0.717, 1.165) is 114 Å². The van der Waals surface area contributed by atoms with Crippen LogP contribution in [0.3, 0.4) is 0 Å². The van der Waals surface area contributed by atoms with Crippen LogP contribution in [0.5, 0.6) is 0 Å². The van der Waals surface area contributed by atoms with Gasteiger partial charge in [-0.1, -0.05) is 338 Å². The zero-order valence-electron chi connectivity index (χ0n) is 63.0. The molecule has 0 aromatic rings. The fourth-order valence-corrected chi connectivity index (χ4v) is 13.3. The lowest BCUT2D eigenvalue weighted by molar-refractivity contribution is -0.161. The first-order chi connectivity index (χ1) is 46.1. The second-order valence-electron chi connectivity index (χ2n) is 29.7. The second-order valence-corrected chi connectivity index (χ2v) is 32.6. The largest absolute Gasteiger partial charge is 0.472 e. The summed E-state index contributed by atoms with van der Waals surface area (Å²) < 4.78 is 68.5. The highest BCUT2D eigenvalue weighted by molar-refractivity contribution is 7.47. The number of aliphatic hydroxyl groups is 1. The van der Waals surface area contributed by atoms with E-state index in [9.17, 15) is 43.2 Å². The molecule has 17 nitrogen and oxygen atoms in total. The Hall–Kier alpha value is -1.94. The average molecular weight is 1410 g/mol. The SMILES string of the molecule is CC(C)CCCCCCCCCCCCCCCCCC(=O)OC[C@H](COP(=O)(O)OCC(O)COP(=O)(O)OC[C@@H](COC(=O)CCCCCCCCC(C)C)OC(=O)CCCCCCCCCCCCCCCCCC(C)C)OC(=O)CCCCCCCCCCC(C)C. The lowest BCUT2D eigenvalue weighted by Crippen LogP contribution is -2.30. The van der Waals surface area contributed by atoms with Gasteiger partial charge in [-0.3, -0.25) is 37.3 Å². The minimum absolute atomic E-state index is 0.104. The number of carbonyl (C=O) groups is 4. The second kappa shape index (κ2) is 66.3. The minimum atomic E-state index is -4.96. The lowest BCUT2D eigenvalue weighted by Gasteiger charge is -2.21. The summed E-state index contributed by atoms with van der Waals surface area (Å²) in [7, 11) is -9.91. The zero-order chi connectivity index (χ0) is 71.0. The molecule has 0 aliphatic heterocycles. The Morgan fingerprint density at radius 2 is 0.438 bits per heavy atom. The van der Waals surface area contributed by atoms with E-state index in [2.05, 4.69) is 55.4 Å². The van der Waals surface area contributed by atoms with Crippen LogP contribution in [0.25, 0.3) is 0 Å². The molecule has 0 radical (unpaired) electrons. The normalized spacial score (nSPS) is 14.1. The summed E-state index contributed by atoms with van der Waals surface area (Å²) in [5.41, 5.74) is 0. The van der Waals surface area contributed by atoms with E-state index in [0.29, 0.717) is 31.6 Å². The van der Waals surface area contributed by atoms with Gasteiger partial charge in [0.1, 0.15) is 19.3 Å². The number of esters is 4. The van der Waals surface area contributed by atoms with Crippen molar-refractivity contribution in [1.29, 1.82) is 0 Å². The minimum Gasteiger partial charge on any atom is -0.462 e. The van der Waals surface area contributed by atoms with Crippen molar-refractivity contribution < 1.29 is 80.2 Å². The van der Waals surface area contributed by atoms with Crippen LogP contribution in [-0.2, 0) is 65.4 Å². The van der Waals surface area contributed by atoms with Crippen LogP contribution < -0.4 is 0 Å². The predicted molar refractivity (Wildman–Crippen MR) is 391 cm³/mol. The van der Waals surface area contributed by atoms with Gasteiger partial charge in [0.2, 0.25) is 0 Å². The van der Waals surface area contributed by atoms with Crippen LogP contribution in [0.2, 0.25) is 0 Å². The highest BCUT2D eigenvalue weighted by atomic mass is 31.2. The van der Waals surface area contributed by atoms with Crippen molar-refractivity contribution in [3.63, 3.8) is 0 Å². The van der Waals surface area contributed by atoms with Gasteiger partial charge in [0.05, 0.1) is 26.4 Å². The van der Waals surface area contributed by atoms with E-state index in [1.807, 2.05) is 0 Å². The molecule has 0 heterocycles. The smallest absolute Gasteiger partial charge is 0.462 e. The molecule has 3 N–H and O–H groups in total. The van der Waals surface area contributed by atoms with Crippen LogP contribution >= 0.6 is 15.6 Å². The molecular formula is C77H150O17P2. The number of phosphoric acid groups is 2. The molecule has 0 aromatic heterocycles. The monoisotopic (exact) mass is 1410 g/mol. The van der Waals surface area contributed by atoms with Crippen LogP contribution in [-0.4, -0.2) is 96.7 Å². The molecule has 0 aliphatic carbocycles. The third kappa shape index (κ3) is 70.5. The Balaban J connectivity index is 5.17. The van der Waals surface area contributed by atoms with Gasteiger partial charge in [-0.15, -0.1) is 0 Å². The Kier molecular flexibility index (Phi) is 65.0. The maximum Gasteiger partial charge on any atom is 0.472 e. The molecule has 0 aromatic carbocycles. The van der Waals surface area contributed by atoms with Gasteiger partial charge in [0, 0.05) is 25.7 Å². The van der Waals surface area contributed by atoms with Crippen molar-refractivity contribution in [2.45, 2.75) is 408 Å². The summed E-state index contributed by atoms with van der Waals surface area (Å²) in [5.74, 6) is 0.883. The Morgan fingerprint density at radius 3 is 0.646 bits per heavy atom. The van der Waals surface area contributed by atoms with Gasteiger partial charge in [-0.25, -0.2) is 9.13 Å². The highest BCUT2D eigenvalue weighted by Crippen LogP contribution is 2.45. The maximum atomic E-state index is 13.1. The fourth-order valence-electron chi connectivity index (χ4n) is 11.7. The Bertz CT molecular complexity index is 1880. The van der Waals surface area contributed by atoms with Crippen molar-refractivity contribution in [1.82, 2.24) is 0 Å². The molecule has 0 fully saturated rings. The number of phosphoric ester groups is 2. The summed E-state index contributed by atoms with van der Waals surface area (Å²) >= 11 is 0. The molecule has 19 heteroatoms. The van der Waals surface area contributed by atoms with E-state index in [1.165, 1.54) is 186 Å². The van der Waals surface area contributed by atoms with Crippen molar-refractivity contribution in [2.24, 2.45) is 23.7 Å². The molecule has 570 valence electrons. The number of ether oxygens (including phenoxy) is 4. The highest BCUT2D eigenvalue weighted by Gasteiger charge is 2.30. The summed E-state index contributed by atoms with van der Waals surface area (Å²) in [6.07, 6.45) is 51.6. The first-order valence-corrected chi connectivity index (χ1v) is 42.7. The zero-order valence-corrected chi connectivity index (χ0v) is 64.8. The predicted octanol–water partition coefficient (Wildman–Crippen LogP) is 22.4. The van der Waals surface area contributed by atoms with Crippen LogP contribution in [0, 0.1) is 23.7 Å². The molecule has 0 saturated heterocycles. The Morgan fingerprint density at radius 1 is 0.260 bits per heavy atom. The topological polar surface area (TPSA) is 237 Å². The van der Waals surface area contributed by atoms with Gasteiger partial charge in [0.15, 0.2) is 12.2 Å². The number of hydrogen-bond acceptors (Lipinski definition) is 15.